The van der Waals surface area contributed by atoms with Crippen LogP contribution >= 0.6 is 0 Å². The standard InChI is InChI=1S/C14H21NO/c1-10-7-13(8-11(2)14(10)16-3)12-5-4-6-15-9-12/h7-8,12,15H,4-6,9H2,1-3H3. The van der Waals surface area contributed by atoms with E-state index in [2.05, 4.69) is 31.3 Å². The highest BCUT2D eigenvalue weighted by Gasteiger charge is 2.16. The lowest BCUT2D eigenvalue weighted by Gasteiger charge is -2.24. The third-order valence-corrected chi connectivity index (χ3v) is 3.46. The number of methoxy groups -OCH3 is 1. The first-order valence-corrected chi connectivity index (χ1v) is 6.08. The minimum absolute atomic E-state index is 0.678. The first-order chi connectivity index (χ1) is 7.72. The molecule has 1 aromatic carbocycles. The Morgan fingerprint density at radius 1 is 1.25 bits per heavy atom. The van der Waals surface area contributed by atoms with Crippen LogP contribution < -0.4 is 10.1 Å². The summed E-state index contributed by atoms with van der Waals surface area (Å²) in [4.78, 5) is 0. The Bertz CT molecular complexity index is 344. The van der Waals surface area contributed by atoms with Crippen LogP contribution in [0.5, 0.6) is 5.75 Å². The summed E-state index contributed by atoms with van der Waals surface area (Å²) in [7, 11) is 1.75. The van der Waals surface area contributed by atoms with Gasteiger partial charge in [0, 0.05) is 6.54 Å². The third-order valence-electron chi connectivity index (χ3n) is 3.46. The fraction of sp³-hybridized carbons (Fsp3) is 0.571. The van der Waals surface area contributed by atoms with E-state index in [4.69, 9.17) is 4.74 Å². The molecule has 0 aromatic heterocycles. The first kappa shape index (κ1) is 11.5. The highest BCUT2D eigenvalue weighted by atomic mass is 16.5. The maximum atomic E-state index is 5.40. The zero-order chi connectivity index (χ0) is 11.5. The van der Waals surface area contributed by atoms with Crippen molar-refractivity contribution in [2.24, 2.45) is 0 Å². The molecule has 1 atom stereocenters. The molecular formula is C14H21NO. The molecule has 2 rings (SSSR count). The molecule has 0 aliphatic carbocycles. The van der Waals surface area contributed by atoms with E-state index in [0.717, 1.165) is 12.3 Å². The van der Waals surface area contributed by atoms with Gasteiger partial charge in [0.05, 0.1) is 7.11 Å². The van der Waals surface area contributed by atoms with E-state index in [1.54, 1.807) is 7.11 Å². The monoisotopic (exact) mass is 219 g/mol. The van der Waals surface area contributed by atoms with Gasteiger partial charge in [-0.2, -0.15) is 0 Å². The van der Waals surface area contributed by atoms with Gasteiger partial charge in [0.1, 0.15) is 5.75 Å². The number of rotatable bonds is 2. The molecule has 88 valence electrons. The Morgan fingerprint density at radius 2 is 1.94 bits per heavy atom. The van der Waals surface area contributed by atoms with Gasteiger partial charge in [0.15, 0.2) is 0 Å². The van der Waals surface area contributed by atoms with Crippen LogP contribution in [0.3, 0.4) is 0 Å². The summed E-state index contributed by atoms with van der Waals surface area (Å²) in [5, 5.41) is 3.47. The molecular weight excluding hydrogens is 198 g/mol. The van der Waals surface area contributed by atoms with E-state index in [0.29, 0.717) is 5.92 Å². The molecule has 2 nitrogen and oxygen atoms in total. The average molecular weight is 219 g/mol. The Balaban J connectivity index is 2.28. The molecule has 1 aliphatic heterocycles. The van der Waals surface area contributed by atoms with Gasteiger partial charge >= 0.3 is 0 Å². The fourth-order valence-corrected chi connectivity index (χ4v) is 2.68. The molecule has 0 bridgehead atoms. The van der Waals surface area contributed by atoms with Crippen LogP contribution in [0.1, 0.15) is 35.4 Å². The Kier molecular flexibility index (Phi) is 3.49. The van der Waals surface area contributed by atoms with Crippen molar-refractivity contribution in [3.8, 4) is 5.75 Å². The van der Waals surface area contributed by atoms with Crippen LogP contribution in [0.2, 0.25) is 0 Å². The molecule has 16 heavy (non-hydrogen) atoms. The molecule has 1 saturated heterocycles. The number of hydrogen-bond acceptors (Lipinski definition) is 2. The number of ether oxygens (including phenoxy) is 1. The molecule has 2 heteroatoms. The van der Waals surface area contributed by atoms with Crippen molar-refractivity contribution in [1.82, 2.24) is 5.32 Å². The number of nitrogens with one attached hydrogen (secondary N) is 1. The van der Waals surface area contributed by atoms with Gasteiger partial charge in [-0.05, 0) is 55.8 Å². The number of benzene rings is 1. The van der Waals surface area contributed by atoms with E-state index in [1.165, 1.54) is 36.1 Å². The van der Waals surface area contributed by atoms with Gasteiger partial charge in [0.25, 0.3) is 0 Å². The number of hydrogen-bond donors (Lipinski definition) is 1. The Hall–Kier alpha value is -1.02. The van der Waals surface area contributed by atoms with Gasteiger partial charge in [0.2, 0.25) is 0 Å². The average Bonchev–Trinajstić information content (AvgIpc) is 2.30. The summed E-state index contributed by atoms with van der Waals surface area (Å²) < 4.78 is 5.40. The van der Waals surface area contributed by atoms with E-state index < -0.39 is 0 Å². The fourth-order valence-electron chi connectivity index (χ4n) is 2.68. The van der Waals surface area contributed by atoms with Crippen LogP contribution in [-0.2, 0) is 0 Å². The van der Waals surface area contributed by atoms with E-state index in [1.807, 2.05) is 0 Å². The molecule has 1 aliphatic rings. The first-order valence-electron chi connectivity index (χ1n) is 6.08. The Morgan fingerprint density at radius 3 is 2.44 bits per heavy atom. The summed E-state index contributed by atoms with van der Waals surface area (Å²) in [6.07, 6.45) is 2.59. The summed E-state index contributed by atoms with van der Waals surface area (Å²) in [6.45, 7) is 6.55. The number of aryl methyl sites for hydroxylation is 2. The zero-order valence-corrected chi connectivity index (χ0v) is 10.5. The lowest BCUT2D eigenvalue weighted by Crippen LogP contribution is -2.28. The molecule has 1 unspecified atom stereocenters. The maximum Gasteiger partial charge on any atom is 0.124 e. The van der Waals surface area contributed by atoms with Crippen molar-refractivity contribution in [3.63, 3.8) is 0 Å². The predicted molar refractivity (Wildman–Crippen MR) is 67.3 cm³/mol. The smallest absolute Gasteiger partial charge is 0.124 e. The second-order valence-corrected chi connectivity index (χ2v) is 4.73. The predicted octanol–water partition coefficient (Wildman–Crippen LogP) is 2.78. The largest absolute Gasteiger partial charge is 0.496 e. The number of piperidine rings is 1. The van der Waals surface area contributed by atoms with Crippen LogP contribution in [0.4, 0.5) is 0 Å². The molecule has 1 heterocycles. The van der Waals surface area contributed by atoms with Gasteiger partial charge < -0.3 is 10.1 Å². The van der Waals surface area contributed by atoms with Crippen molar-refractivity contribution >= 4 is 0 Å². The normalized spacial score (nSPS) is 20.8. The van der Waals surface area contributed by atoms with Crippen molar-refractivity contribution < 1.29 is 4.74 Å². The van der Waals surface area contributed by atoms with Crippen LogP contribution in [0, 0.1) is 13.8 Å². The maximum absolute atomic E-state index is 5.40. The summed E-state index contributed by atoms with van der Waals surface area (Å²) in [6, 6.07) is 4.56. The SMILES string of the molecule is COc1c(C)cc(C2CCCNC2)cc1C. The van der Waals surface area contributed by atoms with Gasteiger partial charge in [-0.25, -0.2) is 0 Å². The highest BCUT2D eigenvalue weighted by molar-refractivity contribution is 5.44. The molecule has 1 fully saturated rings. The van der Waals surface area contributed by atoms with E-state index >= 15 is 0 Å². The molecule has 0 saturated carbocycles. The lowest BCUT2D eigenvalue weighted by atomic mass is 9.89. The lowest BCUT2D eigenvalue weighted by molar-refractivity contribution is 0.407. The topological polar surface area (TPSA) is 21.3 Å². The Labute approximate surface area is 98.0 Å². The van der Waals surface area contributed by atoms with E-state index in [9.17, 15) is 0 Å². The van der Waals surface area contributed by atoms with E-state index in [-0.39, 0.29) is 0 Å². The van der Waals surface area contributed by atoms with Crippen molar-refractivity contribution in [1.29, 1.82) is 0 Å². The van der Waals surface area contributed by atoms with Crippen LogP contribution in [0.25, 0.3) is 0 Å². The van der Waals surface area contributed by atoms with Gasteiger partial charge in [-0.1, -0.05) is 12.1 Å². The zero-order valence-electron chi connectivity index (χ0n) is 10.5. The van der Waals surface area contributed by atoms with Crippen molar-refractivity contribution in [2.75, 3.05) is 20.2 Å². The quantitative estimate of drug-likeness (QED) is 0.826. The second kappa shape index (κ2) is 4.88. The minimum atomic E-state index is 0.678. The molecule has 1 aromatic rings. The summed E-state index contributed by atoms with van der Waals surface area (Å²) in [5.41, 5.74) is 3.97. The minimum Gasteiger partial charge on any atom is -0.496 e. The third kappa shape index (κ3) is 2.22. The second-order valence-electron chi connectivity index (χ2n) is 4.73. The van der Waals surface area contributed by atoms with Gasteiger partial charge in [-0.15, -0.1) is 0 Å². The van der Waals surface area contributed by atoms with Crippen LogP contribution in [0.15, 0.2) is 12.1 Å². The van der Waals surface area contributed by atoms with Crippen molar-refractivity contribution in [3.05, 3.63) is 28.8 Å². The molecule has 1 N–H and O–H groups in total. The van der Waals surface area contributed by atoms with Crippen molar-refractivity contribution in [2.45, 2.75) is 32.6 Å². The highest BCUT2D eigenvalue weighted by Crippen LogP contribution is 2.30. The molecule has 0 radical (unpaired) electrons. The summed E-state index contributed by atoms with van der Waals surface area (Å²) >= 11 is 0. The summed E-state index contributed by atoms with van der Waals surface area (Å²) in [5.74, 6) is 1.71. The van der Waals surface area contributed by atoms with Gasteiger partial charge in [-0.3, -0.25) is 0 Å². The van der Waals surface area contributed by atoms with Crippen LogP contribution in [-0.4, -0.2) is 20.2 Å². The molecule has 0 spiro atoms. The molecule has 0 amide bonds.